The van der Waals surface area contributed by atoms with Gasteiger partial charge in [0.2, 0.25) is 0 Å². The second-order valence-electron chi connectivity index (χ2n) is 3.32. The quantitative estimate of drug-likeness (QED) is 0.391. The van der Waals surface area contributed by atoms with E-state index in [9.17, 15) is 0 Å². The summed E-state index contributed by atoms with van der Waals surface area (Å²) in [6.07, 6.45) is 1.20. The Balaban J connectivity index is 2.68. The van der Waals surface area contributed by atoms with Crippen molar-refractivity contribution in [3.8, 4) is 0 Å². The highest BCUT2D eigenvalue weighted by Crippen LogP contribution is 2.21. The molecule has 1 N–H and O–H groups in total. The molecule has 1 heterocycles. The summed E-state index contributed by atoms with van der Waals surface area (Å²) in [5, 5.41) is 0. The normalized spacial score (nSPS) is 20.4. The molecule has 1 aliphatic rings. The summed E-state index contributed by atoms with van der Waals surface area (Å²) >= 11 is 0. The van der Waals surface area contributed by atoms with Crippen molar-refractivity contribution in [2.24, 2.45) is 5.92 Å². The molecule has 0 aliphatic carbocycles. The monoisotopic (exact) mass is 141 g/mol. The van der Waals surface area contributed by atoms with Crippen molar-refractivity contribution >= 4 is 0 Å². The van der Waals surface area contributed by atoms with E-state index in [1.54, 1.807) is 5.57 Å². The molecule has 0 saturated carbocycles. The summed E-state index contributed by atoms with van der Waals surface area (Å²) in [5.74, 6) is 0.732. The first-order valence-corrected chi connectivity index (χ1v) is 4.03. The average molecular weight is 141 g/mol. The molecular weight excluding hydrogens is 124 g/mol. The third kappa shape index (κ3) is 1.60. The first-order valence-electron chi connectivity index (χ1n) is 4.03. The molecule has 0 saturated heterocycles. The molecular formula is C9H17O+. The summed E-state index contributed by atoms with van der Waals surface area (Å²) in [5.41, 5.74) is 3.14. The number of hydrogen-bond donors (Lipinski definition) is 0. The van der Waals surface area contributed by atoms with Crippen LogP contribution in [0.25, 0.3) is 0 Å². The van der Waals surface area contributed by atoms with Gasteiger partial charge >= 0.3 is 0 Å². The van der Waals surface area contributed by atoms with Crippen LogP contribution >= 0.6 is 0 Å². The minimum atomic E-state index is 0.732. The minimum Gasteiger partial charge on any atom is -0.430 e. The average Bonchev–Trinajstić information content (AvgIpc) is 1.88. The maximum absolute atomic E-state index is 4.33. The second kappa shape index (κ2) is 3.20. The molecule has 1 heteroatoms. The van der Waals surface area contributed by atoms with Crippen LogP contribution in [0, 0.1) is 5.92 Å². The maximum atomic E-state index is 4.33. The molecule has 0 fully saturated rings. The second-order valence-corrected chi connectivity index (χ2v) is 3.32. The van der Waals surface area contributed by atoms with Crippen LogP contribution in [0.1, 0.15) is 27.2 Å². The molecule has 0 amide bonds. The summed E-state index contributed by atoms with van der Waals surface area (Å²) < 4.78 is 4.33. The van der Waals surface area contributed by atoms with Crippen LogP contribution in [0.15, 0.2) is 11.1 Å². The molecule has 0 unspecified atom stereocenters. The Kier molecular flexibility index (Phi) is 2.50. The minimum absolute atomic E-state index is 0.732. The first kappa shape index (κ1) is 7.80. The number of rotatable bonds is 1. The van der Waals surface area contributed by atoms with E-state index in [0.717, 1.165) is 19.1 Å². The summed E-state index contributed by atoms with van der Waals surface area (Å²) in [4.78, 5) is 0. The van der Waals surface area contributed by atoms with Crippen LogP contribution in [-0.4, -0.2) is 18.0 Å². The molecule has 0 spiro atoms. The fraction of sp³-hybridized carbons (Fsp3) is 0.778. The predicted molar refractivity (Wildman–Crippen MR) is 44.1 cm³/mol. The molecule has 0 radical (unpaired) electrons. The molecule has 1 rings (SSSR count). The van der Waals surface area contributed by atoms with Gasteiger partial charge in [0.05, 0.1) is 0 Å². The molecule has 10 heavy (non-hydrogen) atoms. The Morgan fingerprint density at radius 2 is 2.10 bits per heavy atom. The van der Waals surface area contributed by atoms with E-state index in [1.807, 2.05) is 0 Å². The van der Waals surface area contributed by atoms with Crippen molar-refractivity contribution in [3.05, 3.63) is 11.1 Å². The zero-order chi connectivity index (χ0) is 7.56. The van der Waals surface area contributed by atoms with Gasteiger partial charge in [0.1, 0.15) is 6.61 Å². The van der Waals surface area contributed by atoms with Gasteiger partial charge in [-0.2, -0.15) is 0 Å². The van der Waals surface area contributed by atoms with E-state index >= 15 is 0 Å². The van der Waals surface area contributed by atoms with Crippen molar-refractivity contribution in [2.75, 3.05) is 13.2 Å². The fourth-order valence-corrected chi connectivity index (χ4v) is 1.54. The predicted octanol–water partition coefficient (Wildman–Crippen LogP) is 1.89. The molecule has 0 atom stereocenters. The Morgan fingerprint density at radius 1 is 1.40 bits per heavy atom. The summed E-state index contributed by atoms with van der Waals surface area (Å²) in [7, 11) is 0. The topological polar surface area (TPSA) is 12.8 Å². The van der Waals surface area contributed by atoms with Gasteiger partial charge in [-0.05, 0) is 12.8 Å². The van der Waals surface area contributed by atoms with Crippen molar-refractivity contribution in [1.29, 1.82) is 0 Å². The van der Waals surface area contributed by atoms with E-state index < -0.39 is 0 Å². The van der Waals surface area contributed by atoms with Crippen LogP contribution < -0.4 is 0 Å². The van der Waals surface area contributed by atoms with Gasteiger partial charge in [-0.1, -0.05) is 19.4 Å². The SMILES string of the molecule is CC1=C(C(C)C)CC[OH+]C1. The van der Waals surface area contributed by atoms with Gasteiger partial charge in [-0.15, -0.1) is 0 Å². The van der Waals surface area contributed by atoms with E-state index in [4.69, 9.17) is 0 Å². The number of aliphatic hydroxyl groups is 2. The fourth-order valence-electron chi connectivity index (χ4n) is 1.54. The lowest BCUT2D eigenvalue weighted by Gasteiger charge is -2.18. The lowest BCUT2D eigenvalue weighted by Crippen LogP contribution is -2.15. The Morgan fingerprint density at radius 3 is 2.50 bits per heavy atom. The zero-order valence-electron chi connectivity index (χ0n) is 7.15. The molecule has 1 nitrogen and oxygen atoms in total. The Bertz CT molecular complexity index is 145. The largest absolute Gasteiger partial charge is 0.430 e. The van der Waals surface area contributed by atoms with Crippen molar-refractivity contribution in [3.63, 3.8) is 0 Å². The first-order chi connectivity index (χ1) is 4.72. The summed E-state index contributed by atoms with van der Waals surface area (Å²) in [6, 6.07) is 0. The zero-order valence-corrected chi connectivity index (χ0v) is 7.15. The third-order valence-corrected chi connectivity index (χ3v) is 2.13. The molecule has 1 aliphatic heterocycles. The standard InChI is InChI=1S/C9H16O/c1-7(2)9-4-5-10-6-8(9)3/h7H,4-6H2,1-3H3/p+1. The molecule has 0 bridgehead atoms. The highest BCUT2D eigenvalue weighted by molar-refractivity contribution is 5.16. The lowest BCUT2D eigenvalue weighted by atomic mass is 9.94. The third-order valence-electron chi connectivity index (χ3n) is 2.13. The van der Waals surface area contributed by atoms with Gasteiger partial charge in [0, 0.05) is 12.0 Å². The lowest BCUT2D eigenvalue weighted by molar-refractivity contribution is -0.0288. The van der Waals surface area contributed by atoms with Gasteiger partial charge in [-0.25, -0.2) is 0 Å². The van der Waals surface area contributed by atoms with E-state index in [1.165, 1.54) is 12.0 Å². The van der Waals surface area contributed by atoms with Crippen LogP contribution in [0.5, 0.6) is 0 Å². The van der Waals surface area contributed by atoms with Gasteiger partial charge in [0.15, 0.2) is 6.61 Å². The van der Waals surface area contributed by atoms with E-state index in [-0.39, 0.29) is 0 Å². The van der Waals surface area contributed by atoms with Crippen molar-refractivity contribution < 1.29 is 4.74 Å². The van der Waals surface area contributed by atoms with Crippen molar-refractivity contribution in [2.45, 2.75) is 27.2 Å². The van der Waals surface area contributed by atoms with Gasteiger partial charge < -0.3 is 4.74 Å². The van der Waals surface area contributed by atoms with Gasteiger partial charge in [0.25, 0.3) is 0 Å². The smallest absolute Gasteiger partial charge is 0.167 e. The van der Waals surface area contributed by atoms with E-state index in [2.05, 4.69) is 25.5 Å². The van der Waals surface area contributed by atoms with Crippen molar-refractivity contribution in [1.82, 2.24) is 0 Å². The number of ether oxygens (including phenoxy) is 1. The molecule has 0 aromatic carbocycles. The molecule has 58 valence electrons. The van der Waals surface area contributed by atoms with Crippen LogP contribution in [0.2, 0.25) is 0 Å². The summed E-state index contributed by atoms with van der Waals surface area (Å²) in [6.45, 7) is 8.77. The molecule has 0 aromatic heterocycles. The maximum Gasteiger partial charge on any atom is 0.167 e. The van der Waals surface area contributed by atoms with Crippen LogP contribution in [-0.2, 0) is 0 Å². The van der Waals surface area contributed by atoms with Crippen LogP contribution in [0.3, 0.4) is 0 Å². The van der Waals surface area contributed by atoms with Crippen LogP contribution in [0.4, 0.5) is 0 Å². The Hall–Kier alpha value is -0.300. The van der Waals surface area contributed by atoms with Gasteiger partial charge in [-0.3, -0.25) is 0 Å². The Labute approximate surface area is 63.1 Å². The highest BCUT2D eigenvalue weighted by atomic mass is 16.5. The highest BCUT2D eigenvalue weighted by Gasteiger charge is 2.14. The number of hydrogen-bond acceptors (Lipinski definition) is 0. The molecule has 0 aromatic rings. The van der Waals surface area contributed by atoms with E-state index in [0.29, 0.717) is 0 Å².